The van der Waals surface area contributed by atoms with Gasteiger partial charge in [-0.3, -0.25) is 0 Å². The summed E-state index contributed by atoms with van der Waals surface area (Å²) in [6.45, 7) is 0. The van der Waals surface area contributed by atoms with Crippen molar-refractivity contribution in [2.45, 2.75) is 102 Å². The molecule has 0 aromatic rings. The van der Waals surface area contributed by atoms with E-state index in [1.54, 1.807) is 0 Å². The first kappa shape index (κ1) is 16.4. The van der Waals surface area contributed by atoms with E-state index >= 15 is 0 Å². The van der Waals surface area contributed by atoms with Gasteiger partial charge in [-0.15, -0.1) is 0 Å². The van der Waals surface area contributed by atoms with Crippen molar-refractivity contribution in [3.05, 3.63) is 0 Å². The number of methoxy groups -OCH3 is 1. The Hall–Kier alpha value is 0.0249. The van der Waals surface area contributed by atoms with Crippen LogP contribution in [0.5, 0.6) is 0 Å². The molecule has 2 unspecified atom stereocenters. The molecule has 20 heavy (non-hydrogen) atoms. The molecule has 1 aliphatic heterocycles. The van der Waals surface area contributed by atoms with E-state index in [0.29, 0.717) is 6.10 Å². The summed E-state index contributed by atoms with van der Waals surface area (Å²) in [6.07, 6.45) is 20.4. The molecule has 2 rings (SSSR count). The van der Waals surface area contributed by atoms with Crippen molar-refractivity contribution in [1.82, 2.24) is 0 Å². The molecule has 0 aromatic carbocycles. The lowest BCUT2D eigenvalue weighted by Gasteiger charge is -2.33. The van der Waals surface area contributed by atoms with Crippen molar-refractivity contribution < 1.29 is 4.74 Å². The van der Waals surface area contributed by atoms with E-state index in [1.807, 2.05) is 7.11 Å². The Balaban J connectivity index is 1.97. The van der Waals surface area contributed by atoms with Gasteiger partial charge < -0.3 is 4.74 Å². The van der Waals surface area contributed by atoms with Crippen LogP contribution in [0.1, 0.15) is 83.5 Å². The van der Waals surface area contributed by atoms with Crippen molar-refractivity contribution in [1.29, 1.82) is 0 Å². The first-order valence-corrected chi connectivity index (χ1v) is 9.28. The first-order valence-electron chi connectivity index (χ1n) is 9.28. The van der Waals surface area contributed by atoms with E-state index in [-0.39, 0.29) is 0 Å². The molecule has 115 valence electrons. The Kier molecular flexibility index (Phi) is 8.09. The van der Waals surface area contributed by atoms with E-state index in [2.05, 4.69) is 7.28 Å². The van der Waals surface area contributed by atoms with E-state index in [1.165, 1.54) is 89.8 Å². The standard InChI is InChI=1S/C18H34BO/c1-20-17-14-10-6-7-11-15-19-18(17)16-12-8-4-2-3-5-9-13-16/h16-18H,2-15H2,1H3. The molecule has 0 aromatic heterocycles. The summed E-state index contributed by atoms with van der Waals surface area (Å²) in [7, 11) is 4.60. The molecular formula is C18H34BO. The number of hydrogen-bond donors (Lipinski definition) is 0. The van der Waals surface area contributed by atoms with E-state index in [0.717, 1.165) is 11.7 Å². The average molecular weight is 277 g/mol. The highest BCUT2D eigenvalue weighted by Crippen LogP contribution is 2.37. The summed E-state index contributed by atoms with van der Waals surface area (Å²) in [5.74, 6) is 1.63. The van der Waals surface area contributed by atoms with Crippen LogP contribution < -0.4 is 0 Å². The lowest BCUT2D eigenvalue weighted by atomic mass is 9.53. The smallest absolute Gasteiger partial charge is 0.117 e. The molecule has 1 heterocycles. The SMILES string of the molecule is COC1CCCCCC[B]C1C1CCCCCCCC1. The lowest BCUT2D eigenvalue weighted by molar-refractivity contribution is 0.0682. The van der Waals surface area contributed by atoms with Gasteiger partial charge in [0.15, 0.2) is 0 Å². The van der Waals surface area contributed by atoms with Crippen molar-refractivity contribution in [3.8, 4) is 0 Å². The van der Waals surface area contributed by atoms with Crippen LogP contribution in [0.25, 0.3) is 0 Å². The minimum absolute atomic E-state index is 0.499. The van der Waals surface area contributed by atoms with Gasteiger partial charge in [0.05, 0.1) is 6.10 Å². The molecule has 1 radical (unpaired) electrons. The maximum Gasteiger partial charge on any atom is 0.117 e. The van der Waals surface area contributed by atoms with Crippen LogP contribution in [0.4, 0.5) is 0 Å². The maximum absolute atomic E-state index is 5.92. The monoisotopic (exact) mass is 277 g/mol. The number of rotatable bonds is 2. The Morgan fingerprint density at radius 1 is 0.700 bits per heavy atom. The molecule has 2 fully saturated rings. The van der Waals surface area contributed by atoms with Crippen molar-refractivity contribution >= 4 is 7.28 Å². The molecule has 1 aliphatic carbocycles. The average Bonchev–Trinajstić information content (AvgIpc) is 2.68. The third-order valence-corrected chi connectivity index (χ3v) is 5.56. The summed E-state index contributed by atoms with van der Waals surface area (Å²) in [4.78, 5) is 0. The minimum Gasteiger partial charge on any atom is -0.382 e. The van der Waals surface area contributed by atoms with Gasteiger partial charge in [-0.05, 0) is 18.2 Å². The third kappa shape index (κ3) is 5.43. The summed E-state index contributed by atoms with van der Waals surface area (Å²) in [5.41, 5.74) is 0. The van der Waals surface area contributed by atoms with Gasteiger partial charge in [-0.25, -0.2) is 0 Å². The van der Waals surface area contributed by atoms with Crippen molar-refractivity contribution in [2.24, 2.45) is 5.92 Å². The second-order valence-electron chi connectivity index (χ2n) is 7.04. The Morgan fingerprint density at radius 2 is 1.25 bits per heavy atom. The van der Waals surface area contributed by atoms with Crippen molar-refractivity contribution in [2.75, 3.05) is 7.11 Å². The molecular weight excluding hydrogens is 243 g/mol. The normalized spacial score (nSPS) is 31.9. The van der Waals surface area contributed by atoms with Crippen molar-refractivity contribution in [3.63, 3.8) is 0 Å². The van der Waals surface area contributed by atoms with Crippen LogP contribution in [-0.4, -0.2) is 20.5 Å². The highest BCUT2D eigenvalue weighted by atomic mass is 16.5. The molecule has 2 atom stereocenters. The highest BCUT2D eigenvalue weighted by Gasteiger charge is 2.29. The minimum atomic E-state index is 0.499. The van der Waals surface area contributed by atoms with Crippen LogP contribution in [-0.2, 0) is 4.74 Å². The fraction of sp³-hybridized carbons (Fsp3) is 1.00. The Bertz CT molecular complexity index is 234. The van der Waals surface area contributed by atoms with Gasteiger partial charge in [0.1, 0.15) is 7.28 Å². The van der Waals surface area contributed by atoms with E-state index in [4.69, 9.17) is 4.74 Å². The third-order valence-electron chi connectivity index (χ3n) is 5.56. The zero-order chi connectivity index (χ0) is 14.0. The lowest BCUT2D eigenvalue weighted by Crippen LogP contribution is -2.29. The second-order valence-corrected chi connectivity index (χ2v) is 7.04. The van der Waals surface area contributed by atoms with Gasteiger partial charge >= 0.3 is 0 Å². The zero-order valence-electron chi connectivity index (χ0n) is 13.6. The molecule has 0 spiro atoms. The highest BCUT2D eigenvalue weighted by molar-refractivity contribution is 6.38. The van der Waals surface area contributed by atoms with Gasteiger partial charge in [0, 0.05) is 7.11 Å². The topological polar surface area (TPSA) is 9.23 Å². The van der Waals surface area contributed by atoms with Gasteiger partial charge in [0.25, 0.3) is 0 Å². The summed E-state index contributed by atoms with van der Waals surface area (Å²) < 4.78 is 5.92. The van der Waals surface area contributed by atoms with Crippen LogP contribution in [0.3, 0.4) is 0 Å². The predicted molar refractivity (Wildman–Crippen MR) is 88.6 cm³/mol. The van der Waals surface area contributed by atoms with E-state index in [9.17, 15) is 0 Å². The number of ether oxygens (including phenoxy) is 1. The number of hydrogen-bond acceptors (Lipinski definition) is 1. The summed E-state index contributed by atoms with van der Waals surface area (Å²) in [6, 6.07) is 0. The van der Waals surface area contributed by atoms with Crippen LogP contribution >= 0.6 is 0 Å². The molecule has 2 aliphatic rings. The molecule has 0 N–H and O–H groups in total. The van der Waals surface area contributed by atoms with Gasteiger partial charge in [-0.1, -0.05) is 83.4 Å². The molecule has 1 nitrogen and oxygen atoms in total. The van der Waals surface area contributed by atoms with Crippen LogP contribution in [0, 0.1) is 5.92 Å². The Labute approximate surface area is 127 Å². The van der Waals surface area contributed by atoms with Crippen LogP contribution in [0.2, 0.25) is 12.1 Å². The fourth-order valence-electron chi connectivity index (χ4n) is 4.32. The van der Waals surface area contributed by atoms with Crippen LogP contribution in [0.15, 0.2) is 0 Å². The quantitative estimate of drug-likeness (QED) is 0.594. The van der Waals surface area contributed by atoms with E-state index < -0.39 is 0 Å². The Morgan fingerprint density at radius 3 is 1.90 bits per heavy atom. The van der Waals surface area contributed by atoms with Gasteiger partial charge in [0.2, 0.25) is 0 Å². The zero-order valence-corrected chi connectivity index (χ0v) is 13.6. The summed E-state index contributed by atoms with van der Waals surface area (Å²) >= 11 is 0. The molecule has 1 saturated heterocycles. The predicted octanol–water partition coefficient (Wildman–Crippen LogP) is 5.63. The summed E-state index contributed by atoms with van der Waals surface area (Å²) in [5, 5.41) is 0. The molecule has 0 amide bonds. The second kappa shape index (κ2) is 9.87. The molecule has 2 heteroatoms. The van der Waals surface area contributed by atoms with Gasteiger partial charge in [-0.2, -0.15) is 0 Å². The molecule has 1 saturated carbocycles. The first-order chi connectivity index (χ1) is 9.92. The maximum atomic E-state index is 5.92. The fourth-order valence-corrected chi connectivity index (χ4v) is 4.32. The largest absolute Gasteiger partial charge is 0.382 e. The molecule has 0 bridgehead atoms.